The first kappa shape index (κ1) is 25.1. The van der Waals surface area contributed by atoms with Crippen LogP contribution in [-0.2, 0) is 30.3 Å². The topological polar surface area (TPSA) is 93.2 Å². The summed E-state index contributed by atoms with van der Waals surface area (Å²) in [5.41, 5.74) is -2.02. The van der Waals surface area contributed by atoms with Gasteiger partial charge in [0.15, 0.2) is 0 Å². The molecule has 2 unspecified atom stereocenters. The van der Waals surface area contributed by atoms with Gasteiger partial charge in [-0.2, -0.15) is 0 Å². The number of aryl methyl sites for hydroxylation is 2. The van der Waals surface area contributed by atoms with E-state index in [0.717, 1.165) is 20.9 Å². The third kappa shape index (κ3) is 3.46. The Hall–Kier alpha value is -5.24. The molecule has 198 valence electrons. The second-order valence-electron chi connectivity index (χ2n) is 9.78. The smallest absolute Gasteiger partial charge is 0.422 e. The Bertz CT molecular complexity index is 1510. The van der Waals surface area contributed by atoms with E-state index in [1.807, 2.05) is 13.8 Å². The lowest BCUT2D eigenvalue weighted by Crippen LogP contribution is -2.60. The highest BCUT2D eigenvalue weighted by Crippen LogP contribution is 2.55. The van der Waals surface area contributed by atoms with Crippen LogP contribution < -0.4 is 9.80 Å². The van der Waals surface area contributed by atoms with E-state index in [-0.39, 0.29) is 22.5 Å². The lowest BCUT2D eigenvalue weighted by molar-refractivity contribution is -0.171. The molecule has 8 nitrogen and oxygen atoms in total. The van der Waals surface area contributed by atoms with E-state index < -0.39 is 35.2 Å². The van der Waals surface area contributed by atoms with E-state index in [1.165, 1.54) is 0 Å². The lowest BCUT2D eigenvalue weighted by Gasteiger charge is -2.39. The molecule has 0 bridgehead atoms. The quantitative estimate of drug-likeness (QED) is 0.324. The predicted octanol–water partition coefficient (Wildman–Crippen LogP) is 5.76. The molecule has 6 rings (SSSR count). The van der Waals surface area contributed by atoms with E-state index in [4.69, 9.17) is 9.47 Å². The molecule has 2 saturated heterocycles. The summed E-state index contributed by atoms with van der Waals surface area (Å²) >= 11 is 0. The van der Waals surface area contributed by atoms with Crippen molar-refractivity contribution in [3.63, 3.8) is 0 Å². The summed E-state index contributed by atoms with van der Waals surface area (Å²) in [5, 5.41) is 0. The van der Waals surface area contributed by atoms with Crippen LogP contribution in [-0.4, -0.2) is 24.0 Å². The first-order chi connectivity index (χ1) is 19.3. The number of carbonyl (C=O) groups is 4. The average molecular weight is 533 g/mol. The van der Waals surface area contributed by atoms with Crippen LogP contribution in [0.4, 0.5) is 21.0 Å². The van der Waals surface area contributed by atoms with Gasteiger partial charge in [0.1, 0.15) is 0 Å². The number of benzene rings is 4. The van der Waals surface area contributed by atoms with Crippen LogP contribution in [0, 0.1) is 13.8 Å². The standard InChI is InChI=1S/C32H24N2O6/c1-21-13-17-25(18-14-21)33-27(35)31(39-29(33)37,23-9-5-3-6-10-23)32(24-11-7-4-8-12-24)28(36)34(30(38)40-32)26-19-15-22(2)16-20-26/h3-20H,1-2H3. The molecule has 0 saturated carbocycles. The monoisotopic (exact) mass is 532 g/mol. The fourth-order valence-electron chi connectivity index (χ4n) is 5.32. The van der Waals surface area contributed by atoms with Crippen molar-refractivity contribution in [1.82, 2.24) is 0 Å². The molecule has 4 amide bonds. The molecule has 0 aromatic heterocycles. The third-order valence-corrected chi connectivity index (χ3v) is 7.30. The summed E-state index contributed by atoms with van der Waals surface area (Å²) in [4.78, 5) is 58.2. The Kier molecular flexibility index (Phi) is 5.76. The molecule has 2 atom stereocenters. The Labute approximate surface area is 230 Å². The van der Waals surface area contributed by atoms with Crippen LogP contribution in [0.15, 0.2) is 109 Å². The molecule has 4 aromatic rings. The van der Waals surface area contributed by atoms with Gasteiger partial charge < -0.3 is 9.47 Å². The van der Waals surface area contributed by atoms with Crippen LogP contribution in [0.2, 0.25) is 0 Å². The summed E-state index contributed by atoms with van der Waals surface area (Å²) in [6, 6.07) is 29.9. The molecule has 0 radical (unpaired) electrons. The summed E-state index contributed by atoms with van der Waals surface area (Å²) in [7, 11) is 0. The zero-order valence-electron chi connectivity index (χ0n) is 21.7. The molecule has 0 aliphatic carbocycles. The van der Waals surface area contributed by atoms with Crippen LogP contribution in [0.25, 0.3) is 0 Å². The summed E-state index contributed by atoms with van der Waals surface area (Å²) in [5.74, 6) is -1.72. The first-order valence-electron chi connectivity index (χ1n) is 12.7. The van der Waals surface area contributed by atoms with Gasteiger partial charge in [-0.15, -0.1) is 0 Å². The SMILES string of the molecule is Cc1ccc(N2C(=O)OC(c3ccccc3)(C3(c4ccccc4)OC(=O)N(c4ccc(C)cc4)C3=O)C2=O)cc1. The molecular weight excluding hydrogens is 508 g/mol. The average Bonchev–Trinajstić information content (AvgIpc) is 3.40. The second kappa shape index (κ2) is 9.20. The Morgan fingerprint density at radius 2 is 0.800 bits per heavy atom. The van der Waals surface area contributed by atoms with E-state index >= 15 is 0 Å². The van der Waals surface area contributed by atoms with E-state index in [1.54, 1.807) is 109 Å². The maximum absolute atomic E-state index is 14.6. The molecular formula is C32H24N2O6. The van der Waals surface area contributed by atoms with Gasteiger partial charge in [0, 0.05) is 11.1 Å². The molecule has 2 heterocycles. The van der Waals surface area contributed by atoms with Crippen LogP contribution >= 0.6 is 0 Å². The number of anilines is 2. The van der Waals surface area contributed by atoms with Crippen LogP contribution in [0.1, 0.15) is 22.3 Å². The number of amides is 4. The molecule has 0 spiro atoms. The highest BCUT2D eigenvalue weighted by molar-refractivity contribution is 6.27. The van der Waals surface area contributed by atoms with Gasteiger partial charge in [-0.3, -0.25) is 9.59 Å². The Balaban J connectivity index is 1.63. The van der Waals surface area contributed by atoms with Gasteiger partial charge in [0.25, 0.3) is 23.0 Å². The number of cyclic esters (lactones) is 2. The zero-order chi connectivity index (χ0) is 28.1. The molecule has 2 fully saturated rings. The highest BCUT2D eigenvalue weighted by atomic mass is 16.6. The van der Waals surface area contributed by atoms with Crippen molar-refractivity contribution >= 4 is 35.4 Å². The second-order valence-corrected chi connectivity index (χ2v) is 9.78. The lowest BCUT2D eigenvalue weighted by atomic mass is 9.71. The number of hydrogen-bond donors (Lipinski definition) is 0. The van der Waals surface area contributed by atoms with Crippen molar-refractivity contribution in [2.75, 3.05) is 9.80 Å². The highest BCUT2D eigenvalue weighted by Gasteiger charge is 2.77. The zero-order valence-corrected chi connectivity index (χ0v) is 21.7. The minimum Gasteiger partial charge on any atom is -0.422 e. The van der Waals surface area contributed by atoms with Gasteiger partial charge in [0.05, 0.1) is 11.4 Å². The van der Waals surface area contributed by atoms with E-state index in [2.05, 4.69) is 0 Å². The maximum Gasteiger partial charge on any atom is 0.422 e. The van der Waals surface area contributed by atoms with Crippen molar-refractivity contribution in [3.8, 4) is 0 Å². The first-order valence-corrected chi connectivity index (χ1v) is 12.7. The number of rotatable bonds is 5. The largest absolute Gasteiger partial charge is 0.422 e. The van der Waals surface area contributed by atoms with E-state index in [9.17, 15) is 19.2 Å². The van der Waals surface area contributed by atoms with Gasteiger partial charge in [0.2, 0.25) is 0 Å². The molecule has 0 N–H and O–H groups in total. The van der Waals surface area contributed by atoms with Gasteiger partial charge in [-0.1, -0.05) is 96.1 Å². The summed E-state index contributed by atoms with van der Waals surface area (Å²) in [6.07, 6.45) is -1.99. The van der Waals surface area contributed by atoms with Crippen LogP contribution in [0.3, 0.4) is 0 Å². The minimum atomic E-state index is -2.37. The van der Waals surface area contributed by atoms with E-state index in [0.29, 0.717) is 0 Å². The number of hydrogen-bond acceptors (Lipinski definition) is 6. The van der Waals surface area contributed by atoms with Gasteiger partial charge >= 0.3 is 12.2 Å². The fraction of sp³-hybridized carbons (Fsp3) is 0.125. The van der Waals surface area contributed by atoms with Crippen molar-refractivity contribution in [2.45, 2.75) is 25.0 Å². The molecule has 2 aliphatic heterocycles. The van der Waals surface area contributed by atoms with Crippen molar-refractivity contribution < 1.29 is 28.7 Å². The number of ether oxygens (including phenoxy) is 2. The van der Waals surface area contributed by atoms with Gasteiger partial charge in [-0.25, -0.2) is 19.4 Å². The predicted molar refractivity (Wildman–Crippen MR) is 147 cm³/mol. The Morgan fingerprint density at radius 3 is 1.12 bits per heavy atom. The van der Waals surface area contributed by atoms with Crippen LogP contribution in [0.5, 0.6) is 0 Å². The number of imide groups is 2. The molecule has 4 aromatic carbocycles. The number of carbonyl (C=O) groups excluding carboxylic acids is 4. The molecule has 40 heavy (non-hydrogen) atoms. The minimum absolute atomic E-state index is 0.179. The maximum atomic E-state index is 14.6. The van der Waals surface area contributed by atoms with Crippen molar-refractivity contribution in [1.29, 1.82) is 0 Å². The van der Waals surface area contributed by atoms with Crippen molar-refractivity contribution in [2.24, 2.45) is 0 Å². The fourth-order valence-corrected chi connectivity index (χ4v) is 5.32. The summed E-state index contributed by atoms with van der Waals surface area (Å²) in [6.45, 7) is 3.76. The summed E-state index contributed by atoms with van der Waals surface area (Å²) < 4.78 is 12.0. The normalized spacial score (nSPS) is 22.4. The number of nitrogens with zero attached hydrogens (tertiary/aromatic N) is 2. The third-order valence-electron chi connectivity index (χ3n) is 7.30. The van der Waals surface area contributed by atoms with Crippen molar-refractivity contribution in [3.05, 3.63) is 131 Å². The van der Waals surface area contributed by atoms with Gasteiger partial charge in [-0.05, 0) is 38.1 Å². The Morgan fingerprint density at radius 1 is 0.475 bits per heavy atom. The molecule has 2 aliphatic rings. The molecule has 8 heteroatoms.